The van der Waals surface area contributed by atoms with Gasteiger partial charge in [0.1, 0.15) is 5.52 Å². The molecule has 0 aliphatic heterocycles. The molecule has 0 saturated heterocycles. The van der Waals surface area contributed by atoms with E-state index < -0.39 is 0 Å². The molecule has 18 heavy (non-hydrogen) atoms. The monoisotopic (exact) mass is 248 g/mol. The maximum atomic E-state index is 5.69. The van der Waals surface area contributed by atoms with Gasteiger partial charge in [0.15, 0.2) is 11.5 Å². The Morgan fingerprint density at radius 1 is 1.56 bits per heavy atom. The smallest absolute Gasteiger partial charge is 0.224 e. The van der Waals surface area contributed by atoms with Gasteiger partial charge in [-0.05, 0) is 0 Å². The Hall–Kier alpha value is -2.15. The van der Waals surface area contributed by atoms with E-state index in [1.54, 1.807) is 19.5 Å². The summed E-state index contributed by atoms with van der Waals surface area (Å²) >= 11 is 0. The van der Waals surface area contributed by atoms with Crippen molar-refractivity contribution < 1.29 is 4.74 Å². The van der Waals surface area contributed by atoms with Gasteiger partial charge in [-0.15, -0.1) is 6.58 Å². The molecule has 0 aliphatic rings. The molecule has 0 bridgehead atoms. The Bertz CT molecular complexity index is 537. The lowest BCUT2D eigenvalue weighted by molar-refractivity contribution is 0.205. The number of methoxy groups -OCH3 is 1. The first kappa shape index (κ1) is 12.3. The minimum atomic E-state index is 0.205. The average molecular weight is 248 g/mol. The normalized spacial score (nSPS) is 10.7. The van der Waals surface area contributed by atoms with Gasteiger partial charge in [0.25, 0.3) is 0 Å². The molecular weight excluding hydrogens is 232 g/mol. The number of fused-ring (bicyclic) bond motifs is 1. The third kappa shape index (κ3) is 2.40. The highest BCUT2D eigenvalue weighted by molar-refractivity contribution is 5.84. The molecule has 0 spiro atoms. The highest BCUT2D eigenvalue weighted by atomic mass is 16.5. The molecule has 0 saturated carbocycles. The van der Waals surface area contributed by atoms with Gasteiger partial charge >= 0.3 is 0 Å². The number of imidazole rings is 1. The van der Waals surface area contributed by atoms with Crippen LogP contribution in [0, 0.1) is 0 Å². The molecule has 2 heterocycles. The van der Waals surface area contributed by atoms with Crippen molar-refractivity contribution in [1.29, 1.82) is 0 Å². The number of hydrogen-bond donors (Lipinski definition) is 2. The van der Waals surface area contributed by atoms with Crippen LogP contribution in [0.5, 0.6) is 0 Å². The summed E-state index contributed by atoms with van der Waals surface area (Å²) in [5, 5.41) is 0. The second kappa shape index (κ2) is 5.46. The van der Waals surface area contributed by atoms with Crippen molar-refractivity contribution >= 4 is 22.9 Å². The number of nitrogens with one attached hydrogen (secondary N) is 1. The first-order valence-corrected chi connectivity index (χ1v) is 5.57. The summed E-state index contributed by atoms with van der Waals surface area (Å²) in [6, 6.07) is 0. The summed E-state index contributed by atoms with van der Waals surface area (Å²) in [6.45, 7) is 5.67. The number of hydrogen-bond acceptors (Lipinski definition) is 6. The number of anilines is 2. The van der Waals surface area contributed by atoms with Gasteiger partial charge < -0.3 is 20.4 Å². The van der Waals surface area contributed by atoms with Crippen molar-refractivity contribution in [2.24, 2.45) is 0 Å². The third-order valence-corrected chi connectivity index (χ3v) is 2.50. The van der Waals surface area contributed by atoms with E-state index in [-0.39, 0.29) is 5.95 Å². The zero-order valence-electron chi connectivity index (χ0n) is 10.3. The predicted octanol–water partition coefficient (Wildman–Crippen LogP) is 0.574. The second-order valence-electron chi connectivity index (χ2n) is 3.73. The van der Waals surface area contributed by atoms with Gasteiger partial charge in [-0.1, -0.05) is 6.08 Å². The number of nitrogens with zero attached hydrogens (tertiary/aromatic N) is 4. The summed E-state index contributed by atoms with van der Waals surface area (Å²) < 4.78 is 5.09. The molecule has 0 radical (unpaired) electrons. The molecule has 0 aliphatic carbocycles. The maximum absolute atomic E-state index is 5.69. The molecule has 0 unspecified atom stereocenters. The number of aromatic amines is 1. The minimum Gasteiger partial charge on any atom is -0.383 e. The van der Waals surface area contributed by atoms with Crippen molar-refractivity contribution in [3.8, 4) is 0 Å². The molecule has 96 valence electrons. The van der Waals surface area contributed by atoms with E-state index in [9.17, 15) is 0 Å². The van der Waals surface area contributed by atoms with Gasteiger partial charge in [0.2, 0.25) is 5.95 Å². The lowest BCUT2D eigenvalue weighted by Gasteiger charge is -2.22. The Balaban J connectivity index is 2.41. The molecule has 7 heteroatoms. The standard InChI is InChI=1S/C11H16N6O/c1-3-4-17(5-6-18-2)10-8-9(14-7-13-8)15-11(12)16-10/h3,7H,1,4-6H2,2H3,(H3,12,13,14,15,16). The highest BCUT2D eigenvalue weighted by Crippen LogP contribution is 2.21. The van der Waals surface area contributed by atoms with E-state index in [2.05, 4.69) is 26.5 Å². The summed E-state index contributed by atoms with van der Waals surface area (Å²) in [5.74, 6) is 0.919. The van der Waals surface area contributed by atoms with E-state index in [0.29, 0.717) is 31.2 Å². The number of ether oxygens (including phenoxy) is 1. The first-order chi connectivity index (χ1) is 8.76. The fraction of sp³-hybridized carbons (Fsp3) is 0.364. The topological polar surface area (TPSA) is 92.9 Å². The van der Waals surface area contributed by atoms with Gasteiger partial charge in [-0.2, -0.15) is 9.97 Å². The van der Waals surface area contributed by atoms with E-state index in [0.717, 1.165) is 5.52 Å². The zero-order chi connectivity index (χ0) is 13.0. The van der Waals surface area contributed by atoms with Crippen molar-refractivity contribution in [3.63, 3.8) is 0 Å². The molecule has 3 N–H and O–H groups in total. The molecule has 0 atom stereocenters. The largest absolute Gasteiger partial charge is 0.383 e. The maximum Gasteiger partial charge on any atom is 0.224 e. The van der Waals surface area contributed by atoms with Crippen molar-refractivity contribution in [2.45, 2.75) is 0 Å². The SMILES string of the molecule is C=CCN(CCOC)c1nc(N)nc2nc[nH]c12. The lowest BCUT2D eigenvalue weighted by atomic mass is 10.4. The number of nitrogens with two attached hydrogens (primary N) is 1. The van der Waals surface area contributed by atoms with Crippen LogP contribution in [-0.4, -0.2) is 46.7 Å². The number of aromatic nitrogens is 4. The molecule has 0 fully saturated rings. The van der Waals surface area contributed by atoms with E-state index in [1.807, 2.05) is 4.90 Å². The van der Waals surface area contributed by atoms with Gasteiger partial charge in [-0.25, -0.2) is 4.98 Å². The second-order valence-corrected chi connectivity index (χ2v) is 3.73. The zero-order valence-corrected chi connectivity index (χ0v) is 10.3. The molecule has 2 aromatic heterocycles. The molecular formula is C11H16N6O. The van der Waals surface area contributed by atoms with Crippen LogP contribution in [0.3, 0.4) is 0 Å². The van der Waals surface area contributed by atoms with Gasteiger partial charge in [-0.3, -0.25) is 0 Å². The Kier molecular flexibility index (Phi) is 3.73. The van der Waals surface area contributed by atoms with Crippen molar-refractivity contribution in [1.82, 2.24) is 19.9 Å². The fourth-order valence-corrected chi connectivity index (χ4v) is 1.70. The lowest BCUT2D eigenvalue weighted by Crippen LogP contribution is -2.28. The predicted molar refractivity (Wildman–Crippen MR) is 70.4 cm³/mol. The number of H-pyrrole nitrogens is 1. The fourth-order valence-electron chi connectivity index (χ4n) is 1.70. The van der Waals surface area contributed by atoms with E-state index >= 15 is 0 Å². The molecule has 2 aromatic rings. The van der Waals surface area contributed by atoms with Crippen LogP contribution in [0.15, 0.2) is 19.0 Å². The Morgan fingerprint density at radius 3 is 3.11 bits per heavy atom. The van der Waals surface area contributed by atoms with E-state index in [1.165, 1.54) is 0 Å². The number of nitrogen functional groups attached to an aromatic ring is 1. The first-order valence-electron chi connectivity index (χ1n) is 5.57. The van der Waals surface area contributed by atoms with Crippen LogP contribution in [-0.2, 0) is 4.74 Å². The molecule has 2 rings (SSSR count). The van der Waals surface area contributed by atoms with Crippen LogP contribution in [0.2, 0.25) is 0 Å². The quantitative estimate of drug-likeness (QED) is 0.726. The summed E-state index contributed by atoms with van der Waals surface area (Å²) in [5.41, 5.74) is 7.01. The van der Waals surface area contributed by atoms with Gasteiger partial charge in [0.05, 0.1) is 12.9 Å². The third-order valence-electron chi connectivity index (χ3n) is 2.50. The summed E-state index contributed by atoms with van der Waals surface area (Å²) in [7, 11) is 1.66. The van der Waals surface area contributed by atoms with Crippen molar-refractivity contribution in [3.05, 3.63) is 19.0 Å². The van der Waals surface area contributed by atoms with Gasteiger partial charge in [0, 0.05) is 20.2 Å². The molecule has 7 nitrogen and oxygen atoms in total. The summed E-state index contributed by atoms with van der Waals surface area (Å²) in [6.07, 6.45) is 3.38. The molecule has 0 aromatic carbocycles. The van der Waals surface area contributed by atoms with Crippen LogP contribution < -0.4 is 10.6 Å². The van der Waals surface area contributed by atoms with E-state index in [4.69, 9.17) is 10.5 Å². The Morgan fingerprint density at radius 2 is 2.39 bits per heavy atom. The summed E-state index contributed by atoms with van der Waals surface area (Å²) in [4.78, 5) is 17.4. The minimum absolute atomic E-state index is 0.205. The van der Waals surface area contributed by atoms with Crippen LogP contribution in [0.25, 0.3) is 11.2 Å². The average Bonchev–Trinajstić information content (AvgIpc) is 2.81. The van der Waals surface area contributed by atoms with Crippen LogP contribution >= 0.6 is 0 Å². The van der Waals surface area contributed by atoms with Crippen LogP contribution in [0.4, 0.5) is 11.8 Å². The number of rotatable bonds is 6. The van der Waals surface area contributed by atoms with Crippen molar-refractivity contribution in [2.75, 3.05) is 37.4 Å². The van der Waals surface area contributed by atoms with Crippen LogP contribution in [0.1, 0.15) is 0 Å². The highest BCUT2D eigenvalue weighted by Gasteiger charge is 2.14. The Labute approximate surface area is 105 Å². The molecule has 0 amide bonds.